The van der Waals surface area contributed by atoms with Crippen LogP contribution in [0, 0.1) is 0 Å². The van der Waals surface area contributed by atoms with E-state index in [1.54, 1.807) is 4.90 Å². The zero-order chi connectivity index (χ0) is 14.9. The van der Waals surface area contributed by atoms with Crippen LogP contribution in [0.2, 0.25) is 0 Å². The number of carbonyl (C=O) groups is 2. The fourth-order valence-corrected chi connectivity index (χ4v) is 2.77. The van der Waals surface area contributed by atoms with Gasteiger partial charge in [-0.15, -0.1) is 0 Å². The van der Waals surface area contributed by atoms with E-state index in [1.165, 1.54) is 4.90 Å². The maximum Gasteiger partial charge on any atom is 0.410 e. The highest BCUT2D eigenvalue weighted by molar-refractivity contribution is 5.84. The van der Waals surface area contributed by atoms with Crippen LogP contribution >= 0.6 is 0 Å². The highest BCUT2D eigenvalue weighted by atomic mass is 16.6. The lowest BCUT2D eigenvalue weighted by molar-refractivity contribution is -0.138. The molecule has 1 saturated carbocycles. The van der Waals surface area contributed by atoms with Gasteiger partial charge in [0.25, 0.3) is 0 Å². The Morgan fingerprint density at radius 3 is 2.50 bits per heavy atom. The molecule has 1 saturated heterocycles. The molecule has 20 heavy (non-hydrogen) atoms. The number of hydrogen-bond donors (Lipinski definition) is 1. The Morgan fingerprint density at radius 2 is 2.00 bits per heavy atom. The Hall–Kier alpha value is -1.30. The van der Waals surface area contributed by atoms with Crippen LogP contribution in [-0.2, 0) is 9.53 Å². The molecule has 1 heterocycles. The maximum absolute atomic E-state index is 12.2. The van der Waals surface area contributed by atoms with Crippen molar-refractivity contribution in [2.24, 2.45) is 0 Å². The lowest BCUT2D eigenvalue weighted by Crippen LogP contribution is -2.55. The third-order valence-electron chi connectivity index (χ3n) is 3.73. The molecule has 0 spiro atoms. The number of ether oxygens (including phenoxy) is 1. The predicted octanol–water partition coefficient (Wildman–Crippen LogP) is 0.979. The number of rotatable bonds is 1. The normalized spacial score (nSPS) is 27.9. The Kier molecular flexibility index (Phi) is 4.22. The van der Waals surface area contributed by atoms with Crippen molar-refractivity contribution in [2.75, 3.05) is 19.6 Å². The first-order valence-corrected chi connectivity index (χ1v) is 7.22. The molecule has 0 aromatic heterocycles. The fourth-order valence-electron chi connectivity index (χ4n) is 2.77. The van der Waals surface area contributed by atoms with Gasteiger partial charge in [0, 0.05) is 19.1 Å². The van der Waals surface area contributed by atoms with Gasteiger partial charge in [0.15, 0.2) is 0 Å². The van der Waals surface area contributed by atoms with Crippen molar-refractivity contribution in [3.63, 3.8) is 0 Å². The van der Waals surface area contributed by atoms with Gasteiger partial charge in [-0.05, 0) is 40.0 Å². The molecular formula is C14H24N2O4. The summed E-state index contributed by atoms with van der Waals surface area (Å²) in [5, 5.41) is 9.56. The number of aliphatic hydroxyl groups is 1. The summed E-state index contributed by atoms with van der Waals surface area (Å²) in [7, 11) is 0. The molecule has 1 aliphatic heterocycles. The summed E-state index contributed by atoms with van der Waals surface area (Å²) >= 11 is 0. The number of amides is 2. The largest absolute Gasteiger partial charge is 0.444 e. The van der Waals surface area contributed by atoms with Crippen LogP contribution in [0.15, 0.2) is 0 Å². The first-order chi connectivity index (χ1) is 9.26. The Balaban J connectivity index is 1.89. The Labute approximate surface area is 119 Å². The molecule has 2 aliphatic rings. The van der Waals surface area contributed by atoms with Gasteiger partial charge < -0.3 is 14.7 Å². The minimum atomic E-state index is -0.549. The van der Waals surface area contributed by atoms with E-state index in [4.69, 9.17) is 4.74 Å². The summed E-state index contributed by atoms with van der Waals surface area (Å²) in [6.07, 6.45) is 1.52. The Morgan fingerprint density at radius 1 is 1.30 bits per heavy atom. The van der Waals surface area contributed by atoms with Gasteiger partial charge in [-0.2, -0.15) is 0 Å². The number of aliphatic hydroxyl groups excluding tert-OH is 1. The second-order valence-corrected chi connectivity index (χ2v) is 6.61. The summed E-state index contributed by atoms with van der Waals surface area (Å²) in [5.41, 5.74) is -0.549. The van der Waals surface area contributed by atoms with Crippen LogP contribution in [0.4, 0.5) is 4.79 Å². The quantitative estimate of drug-likeness (QED) is 0.779. The van der Waals surface area contributed by atoms with Crippen LogP contribution in [0.5, 0.6) is 0 Å². The van der Waals surface area contributed by atoms with E-state index in [9.17, 15) is 14.7 Å². The van der Waals surface area contributed by atoms with Crippen molar-refractivity contribution in [2.45, 2.75) is 57.8 Å². The molecule has 2 amide bonds. The van der Waals surface area contributed by atoms with Gasteiger partial charge in [0.2, 0.25) is 5.91 Å². The van der Waals surface area contributed by atoms with E-state index in [2.05, 4.69) is 0 Å². The van der Waals surface area contributed by atoms with Gasteiger partial charge in [-0.1, -0.05) is 0 Å². The molecule has 0 unspecified atom stereocenters. The highest BCUT2D eigenvalue weighted by Crippen LogP contribution is 2.25. The van der Waals surface area contributed by atoms with Crippen molar-refractivity contribution < 1.29 is 19.4 Å². The van der Waals surface area contributed by atoms with Crippen LogP contribution in [-0.4, -0.2) is 64.3 Å². The number of carbonyl (C=O) groups excluding carboxylic acids is 2. The summed E-state index contributed by atoms with van der Waals surface area (Å²) in [5.74, 6) is -0.0544. The molecule has 2 fully saturated rings. The zero-order valence-electron chi connectivity index (χ0n) is 12.5. The van der Waals surface area contributed by atoms with E-state index in [-0.39, 0.29) is 24.6 Å². The van der Waals surface area contributed by atoms with Gasteiger partial charge >= 0.3 is 6.09 Å². The van der Waals surface area contributed by atoms with Crippen molar-refractivity contribution in [1.29, 1.82) is 0 Å². The average Bonchev–Trinajstić information content (AvgIpc) is 2.73. The van der Waals surface area contributed by atoms with E-state index >= 15 is 0 Å². The van der Waals surface area contributed by atoms with Crippen molar-refractivity contribution in [1.82, 2.24) is 9.80 Å². The zero-order valence-corrected chi connectivity index (χ0v) is 12.5. The number of hydrogen-bond acceptors (Lipinski definition) is 4. The molecule has 6 heteroatoms. The standard InChI is InChI=1S/C14H24N2O4/c1-14(2,3)20-13(19)15-6-7-16(12(18)9-15)10-4-5-11(17)8-10/h10-11,17H,4-9H2,1-3H3/t10-,11-/m1/s1. The second-order valence-electron chi connectivity index (χ2n) is 6.61. The first-order valence-electron chi connectivity index (χ1n) is 7.22. The third-order valence-corrected chi connectivity index (χ3v) is 3.73. The van der Waals surface area contributed by atoms with Crippen molar-refractivity contribution in [3.8, 4) is 0 Å². The van der Waals surface area contributed by atoms with Gasteiger partial charge in [0.1, 0.15) is 12.1 Å². The fraction of sp³-hybridized carbons (Fsp3) is 0.857. The summed E-state index contributed by atoms with van der Waals surface area (Å²) in [4.78, 5) is 27.4. The van der Waals surface area contributed by atoms with Gasteiger partial charge in [-0.3, -0.25) is 9.69 Å². The van der Waals surface area contributed by atoms with E-state index in [1.807, 2.05) is 20.8 Å². The first kappa shape index (κ1) is 15.1. The predicted molar refractivity (Wildman–Crippen MR) is 73.2 cm³/mol. The molecule has 114 valence electrons. The molecule has 0 aromatic carbocycles. The van der Waals surface area contributed by atoms with Gasteiger partial charge in [0.05, 0.1) is 6.10 Å². The molecule has 1 N–H and O–H groups in total. The summed E-state index contributed by atoms with van der Waals surface area (Å²) in [6, 6.07) is 0.123. The monoisotopic (exact) mass is 284 g/mol. The van der Waals surface area contributed by atoms with E-state index in [0.29, 0.717) is 19.5 Å². The smallest absolute Gasteiger partial charge is 0.410 e. The highest BCUT2D eigenvalue weighted by Gasteiger charge is 2.36. The van der Waals surface area contributed by atoms with Crippen LogP contribution in [0.1, 0.15) is 40.0 Å². The van der Waals surface area contributed by atoms with Crippen LogP contribution in [0.25, 0.3) is 0 Å². The molecule has 2 atom stereocenters. The molecule has 1 aliphatic carbocycles. The number of piperazine rings is 1. The number of nitrogens with zero attached hydrogens (tertiary/aromatic N) is 2. The molecule has 0 bridgehead atoms. The minimum absolute atomic E-state index is 0.0544. The molecule has 0 radical (unpaired) electrons. The van der Waals surface area contributed by atoms with Crippen molar-refractivity contribution in [3.05, 3.63) is 0 Å². The molecule has 2 rings (SSSR count). The van der Waals surface area contributed by atoms with Crippen LogP contribution in [0.3, 0.4) is 0 Å². The average molecular weight is 284 g/mol. The van der Waals surface area contributed by atoms with Crippen molar-refractivity contribution >= 4 is 12.0 Å². The SMILES string of the molecule is CC(C)(C)OC(=O)N1CCN([C@@H]2CC[C@@H](O)C2)C(=O)C1. The lowest BCUT2D eigenvalue weighted by Gasteiger charge is -2.38. The molecule has 6 nitrogen and oxygen atoms in total. The van der Waals surface area contributed by atoms with E-state index in [0.717, 1.165) is 12.8 Å². The molecule has 0 aromatic rings. The Bertz CT molecular complexity index is 391. The van der Waals surface area contributed by atoms with E-state index < -0.39 is 11.7 Å². The summed E-state index contributed by atoms with van der Waals surface area (Å²) in [6.45, 7) is 6.51. The second kappa shape index (κ2) is 5.60. The van der Waals surface area contributed by atoms with Gasteiger partial charge in [-0.25, -0.2) is 4.79 Å². The maximum atomic E-state index is 12.2. The van der Waals surface area contributed by atoms with Crippen LogP contribution < -0.4 is 0 Å². The molecular weight excluding hydrogens is 260 g/mol. The third kappa shape index (κ3) is 3.62. The topological polar surface area (TPSA) is 70.1 Å². The minimum Gasteiger partial charge on any atom is -0.444 e. The summed E-state index contributed by atoms with van der Waals surface area (Å²) < 4.78 is 5.28. The lowest BCUT2D eigenvalue weighted by atomic mass is 10.1.